The number of rotatable bonds is 13. The third kappa shape index (κ3) is 11.4. The number of Topliss-reactive ketones (excluding diaryl/α,β-unsaturated/α-hetero) is 1. The molecule has 3 N–H and O–H groups in total. The molecule has 0 aromatic rings. The summed E-state index contributed by atoms with van der Waals surface area (Å²) in [7, 11) is 1.66. The lowest BCUT2D eigenvalue weighted by molar-refractivity contribution is -0.121. The standard InChI is InChI=1S/C15H32N4O2/c1-4-8-18(10-6-15(21)17-3)12-13-19(11-7-16)9-5-14(2)20/h4-13,16H2,1-3H3,(H,17,21). The van der Waals surface area contributed by atoms with Crippen molar-refractivity contribution < 1.29 is 9.59 Å². The largest absolute Gasteiger partial charge is 0.359 e. The van der Waals surface area contributed by atoms with Gasteiger partial charge in [-0.3, -0.25) is 9.59 Å². The summed E-state index contributed by atoms with van der Waals surface area (Å²) in [4.78, 5) is 27.0. The Hall–Kier alpha value is -0.980. The van der Waals surface area contributed by atoms with Crippen LogP contribution in [0.3, 0.4) is 0 Å². The number of hydrogen-bond acceptors (Lipinski definition) is 5. The van der Waals surface area contributed by atoms with E-state index in [9.17, 15) is 9.59 Å². The normalized spacial score (nSPS) is 11.1. The van der Waals surface area contributed by atoms with Gasteiger partial charge < -0.3 is 20.9 Å². The lowest BCUT2D eigenvalue weighted by atomic mass is 10.2. The Morgan fingerprint density at radius 3 is 2.00 bits per heavy atom. The number of hydrogen-bond donors (Lipinski definition) is 2. The maximum Gasteiger partial charge on any atom is 0.221 e. The second kappa shape index (κ2) is 12.7. The first-order valence-corrected chi connectivity index (χ1v) is 7.88. The molecule has 0 radical (unpaired) electrons. The molecular weight excluding hydrogens is 268 g/mol. The predicted octanol–water partition coefficient (Wildman–Crippen LogP) is 0.0743. The predicted molar refractivity (Wildman–Crippen MR) is 86.2 cm³/mol. The van der Waals surface area contributed by atoms with Gasteiger partial charge in [-0.15, -0.1) is 0 Å². The molecule has 0 unspecified atom stereocenters. The van der Waals surface area contributed by atoms with Gasteiger partial charge in [0.2, 0.25) is 5.91 Å². The zero-order chi connectivity index (χ0) is 16.1. The lowest BCUT2D eigenvalue weighted by Crippen LogP contribution is -2.40. The monoisotopic (exact) mass is 300 g/mol. The fourth-order valence-electron chi connectivity index (χ4n) is 2.15. The van der Waals surface area contributed by atoms with Crippen LogP contribution in [0.15, 0.2) is 0 Å². The highest BCUT2D eigenvalue weighted by atomic mass is 16.1. The summed E-state index contributed by atoms with van der Waals surface area (Å²) in [6.45, 7) is 9.49. The molecular formula is C15H32N4O2. The average molecular weight is 300 g/mol. The molecule has 0 aliphatic carbocycles. The summed E-state index contributed by atoms with van der Waals surface area (Å²) >= 11 is 0. The van der Waals surface area contributed by atoms with E-state index >= 15 is 0 Å². The number of nitrogens with two attached hydrogens (primary N) is 1. The fourth-order valence-corrected chi connectivity index (χ4v) is 2.15. The summed E-state index contributed by atoms with van der Waals surface area (Å²) in [6.07, 6.45) is 2.17. The number of nitrogens with zero attached hydrogens (tertiary/aromatic N) is 2. The smallest absolute Gasteiger partial charge is 0.221 e. The second-order valence-electron chi connectivity index (χ2n) is 5.35. The van der Waals surface area contributed by atoms with E-state index in [0.29, 0.717) is 19.4 Å². The first-order chi connectivity index (χ1) is 10.0. The minimum atomic E-state index is 0.0755. The van der Waals surface area contributed by atoms with E-state index in [2.05, 4.69) is 22.0 Å². The molecule has 0 heterocycles. The molecule has 21 heavy (non-hydrogen) atoms. The highest BCUT2D eigenvalue weighted by molar-refractivity contribution is 5.75. The Morgan fingerprint density at radius 1 is 0.952 bits per heavy atom. The maximum absolute atomic E-state index is 11.3. The zero-order valence-corrected chi connectivity index (χ0v) is 13.9. The molecule has 0 fully saturated rings. The van der Waals surface area contributed by atoms with Crippen LogP contribution in [0.1, 0.15) is 33.1 Å². The zero-order valence-electron chi connectivity index (χ0n) is 13.9. The van der Waals surface area contributed by atoms with Gasteiger partial charge in [-0.1, -0.05) is 6.92 Å². The van der Waals surface area contributed by atoms with E-state index in [1.165, 1.54) is 0 Å². The molecule has 0 saturated carbocycles. The van der Waals surface area contributed by atoms with Gasteiger partial charge in [-0.25, -0.2) is 0 Å². The third-order valence-electron chi connectivity index (χ3n) is 3.43. The molecule has 0 bridgehead atoms. The maximum atomic E-state index is 11.3. The van der Waals surface area contributed by atoms with Gasteiger partial charge in [0.15, 0.2) is 0 Å². The molecule has 124 valence electrons. The Bertz CT molecular complexity index is 297. The highest BCUT2D eigenvalue weighted by Gasteiger charge is 2.10. The molecule has 0 aliphatic heterocycles. The van der Waals surface area contributed by atoms with Crippen molar-refractivity contribution in [3.8, 4) is 0 Å². The molecule has 0 spiro atoms. The van der Waals surface area contributed by atoms with Gasteiger partial charge >= 0.3 is 0 Å². The van der Waals surface area contributed by atoms with Crippen molar-refractivity contribution in [2.24, 2.45) is 5.73 Å². The van der Waals surface area contributed by atoms with Gasteiger partial charge in [0, 0.05) is 59.2 Å². The Balaban J connectivity index is 4.19. The van der Waals surface area contributed by atoms with Gasteiger partial charge in [0.25, 0.3) is 0 Å². The Morgan fingerprint density at radius 2 is 1.52 bits per heavy atom. The molecule has 0 aliphatic rings. The van der Waals surface area contributed by atoms with Crippen molar-refractivity contribution in [1.82, 2.24) is 15.1 Å². The van der Waals surface area contributed by atoms with Crippen LogP contribution in [-0.4, -0.2) is 74.4 Å². The lowest BCUT2D eigenvalue weighted by Gasteiger charge is -2.27. The van der Waals surface area contributed by atoms with E-state index in [-0.39, 0.29) is 11.7 Å². The molecule has 0 rings (SSSR count). The molecule has 0 aromatic carbocycles. The van der Waals surface area contributed by atoms with E-state index in [1.54, 1.807) is 14.0 Å². The topological polar surface area (TPSA) is 78.7 Å². The van der Waals surface area contributed by atoms with Crippen molar-refractivity contribution in [3.63, 3.8) is 0 Å². The van der Waals surface area contributed by atoms with Crippen LogP contribution in [0, 0.1) is 0 Å². The number of ketones is 1. The van der Waals surface area contributed by atoms with Crippen LogP contribution < -0.4 is 11.1 Å². The van der Waals surface area contributed by atoms with Crippen molar-refractivity contribution in [1.29, 1.82) is 0 Å². The molecule has 6 nitrogen and oxygen atoms in total. The number of carbonyl (C=O) groups is 2. The van der Waals surface area contributed by atoms with Crippen LogP contribution in [-0.2, 0) is 9.59 Å². The van der Waals surface area contributed by atoms with Gasteiger partial charge in [0.05, 0.1) is 0 Å². The van der Waals surface area contributed by atoms with Crippen molar-refractivity contribution in [2.75, 3.05) is 52.9 Å². The third-order valence-corrected chi connectivity index (χ3v) is 3.43. The van der Waals surface area contributed by atoms with Gasteiger partial charge in [0.1, 0.15) is 5.78 Å². The van der Waals surface area contributed by atoms with Crippen molar-refractivity contribution in [2.45, 2.75) is 33.1 Å². The number of carbonyl (C=O) groups excluding carboxylic acids is 2. The van der Waals surface area contributed by atoms with Gasteiger partial charge in [-0.05, 0) is 19.9 Å². The SMILES string of the molecule is CCCN(CCC(=O)NC)CCN(CCN)CCC(C)=O. The quantitative estimate of drug-likeness (QED) is 0.503. The van der Waals surface area contributed by atoms with Crippen LogP contribution >= 0.6 is 0 Å². The van der Waals surface area contributed by atoms with E-state index in [0.717, 1.165) is 45.7 Å². The van der Waals surface area contributed by atoms with E-state index in [4.69, 9.17) is 5.73 Å². The highest BCUT2D eigenvalue weighted by Crippen LogP contribution is 1.98. The summed E-state index contributed by atoms with van der Waals surface area (Å²) < 4.78 is 0. The molecule has 0 saturated heterocycles. The van der Waals surface area contributed by atoms with E-state index in [1.807, 2.05) is 0 Å². The van der Waals surface area contributed by atoms with Crippen molar-refractivity contribution >= 4 is 11.7 Å². The average Bonchev–Trinajstić information content (AvgIpc) is 2.46. The summed E-state index contributed by atoms with van der Waals surface area (Å²) in [5, 5.41) is 2.65. The first-order valence-electron chi connectivity index (χ1n) is 7.88. The Kier molecular flexibility index (Phi) is 12.1. The van der Waals surface area contributed by atoms with Crippen LogP contribution in [0.2, 0.25) is 0 Å². The first kappa shape index (κ1) is 20.0. The van der Waals surface area contributed by atoms with Crippen molar-refractivity contribution in [3.05, 3.63) is 0 Å². The molecule has 0 aromatic heterocycles. The minimum Gasteiger partial charge on any atom is -0.359 e. The number of amides is 1. The summed E-state index contributed by atoms with van der Waals surface area (Å²) in [5.74, 6) is 0.286. The summed E-state index contributed by atoms with van der Waals surface area (Å²) in [6, 6.07) is 0. The van der Waals surface area contributed by atoms with Crippen LogP contribution in [0.4, 0.5) is 0 Å². The van der Waals surface area contributed by atoms with Gasteiger partial charge in [-0.2, -0.15) is 0 Å². The van der Waals surface area contributed by atoms with Crippen LogP contribution in [0.5, 0.6) is 0 Å². The number of nitrogens with one attached hydrogen (secondary N) is 1. The van der Waals surface area contributed by atoms with E-state index < -0.39 is 0 Å². The fraction of sp³-hybridized carbons (Fsp3) is 0.867. The molecule has 0 atom stereocenters. The minimum absolute atomic E-state index is 0.0755. The molecule has 6 heteroatoms. The molecule has 1 amide bonds. The Labute approximate surface area is 129 Å². The summed E-state index contributed by atoms with van der Waals surface area (Å²) in [5.41, 5.74) is 5.62. The second-order valence-corrected chi connectivity index (χ2v) is 5.35. The van der Waals surface area contributed by atoms with Crippen LogP contribution in [0.25, 0.3) is 0 Å².